The molecule has 2 heteroatoms. The highest BCUT2D eigenvalue weighted by atomic mass is 16.5. The second kappa shape index (κ2) is 4.99. The number of nitrogens with two attached hydrogens (primary N) is 1. The van der Waals surface area contributed by atoms with Crippen LogP contribution in [0.25, 0.3) is 0 Å². The highest BCUT2D eigenvalue weighted by molar-refractivity contribution is 5.37. The van der Waals surface area contributed by atoms with Crippen molar-refractivity contribution < 1.29 is 4.74 Å². The summed E-state index contributed by atoms with van der Waals surface area (Å²) in [7, 11) is 0. The first-order valence-corrected chi connectivity index (χ1v) is 5.20. The van der Waals surface area contributed by atoms with Crippen molar-refractivity contribution >= 4 is 0 Å². The van der Waals surface area contributed by atoms with Gasteiger partial charge in [0.2, 0.25) is 0 Å². The van der Waals surface area contributed by atoms with Crippen LogP contribution < -0.4 is 10.5 Å². The van der Waals surface area contributed by atoms with Gasteiger partial charge < -0.3 is 10.5 Å². The highest BCUT2D eigenvalue weighted by Crippen LogP contribution is 2.22. The van der Waals surface area contributed by atoms with Crippen LogP contribution in [-0.2, 0) is 0 Å². The van der Waals surface area contributed by atoms with Crippen LogP contribution >= 0.6 is 0 Å². The maximum atomic E-state index is 5.80. The van der Waals surface area contributed by atoms with Gasteiger partial charge in [-0.2, -0.15) is 0 Å². The molecule has 0 aliphatic carbocycles. The molecular weight excluding hydrogens is 186 g/mol. The van der Waals surface area contributed by atoms with Gasteiger partial charge in [-0.15, -0.1) is 0 Å². The fourth-order valence-corrected chi connectivity index (χ4v) is 1.34. The van der Waals surface area contributed by atoms with E-state index in [4.69, 9.17) is 10.5 Å². The Balaban J connectivity index is 2.88. The van der Waals surface area contributed by atoms with E-state index in [-0.39, 0.29) is 12.1 Å². The molecule has 0 spiro atoms. The molecule has 1 rings (SSSR count). The largest absolute Gasteiger partial charge is 0.486 e. The van der Waals surface area contributed by atoms with Crippen molar-refractivity contribution in [2.45, 2.75) is 32.9 Å². The van der Waals surface area contributed by atoms with Gasteiger partial charge in [0.15, 0.2) is 0 Å². The monoisotopic (exact) mass is 205 g/mol. The van der Waals surface area contributed by atoms with E-state index < -0.39 is 0 Å². The van der Waals surface area contributed by atoms with Crippen LogP contribution in [0.5, 0.6) is 5.75 Å². The summed E-state index contributed by atoms with van der Waals surface area (Å²) >= 11 is 0. The first kappa shape index (κ1) is 11.8. The van der Waals surface area contributed by atoms with Gasteiger partial charge in [-0.25, -0.2) is 0 Å². The predicted molar refractivity (Wildman–Crippen MR) is 64.1 cm³/mol. The van der Waals surface area contributed by atoms with Gasteiger partial charge in [0.25, 0.3) is 0 Å². The zero-order valence-electron chi connectivity index (χ0n) is 9.66. The quantitative estimate of drug-likeness (QED) is 0.767. The second-order valence-corrected chi connectivity index (χ2v) is 3.87. The van der Waals surface area contributed by atoms with Crippen molar-refractivity contribution in [1.29, 1.82) is 0 Å². The molecule has 0 saturated heterocycles. The molecule has 0 aliphatic rings. The van der Waals surface area contributed by atoms with Crippen molar-refractivity contribution in [1.82, 2.24) is 0 Å². The lowest BCUT2D eigenvalue weighted by molar-refractivity contribution is 0.268. The van der Waals surface area contributed by atoms with E-state index in [1.165, 1.54) is 0 Å². The Hall–Kier alpha value is -1.28. The number of benzene rings is 1. The molecule has 0 bridgehead atoms. The minimum absolute atomic E-state index is 0.0323. The van der Waals surface area contributed by atoms with E-state index in [2.05, 4.69) is 12.6 Å². The average Bonchev–Trinajstić information content (AvgIpc) is 2.20. The van der Waals surface area contributed by atoms with Gasteiger partial charge in [0.05, 0.1) is 0 Å². The molecule has 1 aromatic rings. The Bertz CT molecular complexity index is 344. The Labute approximate surface area is 91.7 Å². The smallest absolute Gasteiger partial charge is 0.123 e. The molecular formula is C13H19NO. The third-order valence-electron chi connectivity index (χ3n) is 2.37. The lowest BCUT2D eigenvalue weighted by Crippen LogP contribution is -2.09. The third-order valence-corrected chi connectivity index (χ3v) is 2.37. The summed E-state index contributed by atoms with van der Waals surface area (Å²) < 4.78 is 5.67. The summed E-state index contributed by atoms with van der Waals surface area (Å²) in [5.74, 6) is 0.895. The molecule has 0 aliphatic heterocycles. The predicted octanol–water partition coefficient (Wildman–Crippen LogP) is 2.97. The molecule has 2 N–H and O–H groups in total. The Morgan fingerprint density at radius 2 is 2.07 bits per heavy atom. The lowest BCUT2D eigenvalue weighted by Gasteiger charge is -2.14. The van der Waals surface area contributed by atoms with Crippen molar-refractivity contribution in [3.63, 3.8) is 0 Å². The molecule has 0 aromatic heterocycles. The van der Waals surface area contributed by atoms with Gasteiger partial charge in [0.1, 0.15) is 11.9 Å². The zero-order chi connectivity index (χ0) is 11.4. The molecule has 15 heavy (non-hydrogen) atoms. The van der Waals surface area contributed by atoms with Crippen LogP contribution in [0.15, 0.2) is 30.9 Å². The average molecular weight is 205 g/mol. The lowest BCUT2D eigenvalue weighted by atomic mass is 10.1. The summed E-state index contributed by atoms with van der Waals surface area (Å²) in [5, 5.41) is 0. The summed E-state index contributed by atoms with van der Waals surface area (Å²) in [6.45, 7) is 9.65. The zero-order valence-corrected chi connectivity index (χ0v) is 9.66. The maximum absolute atomic E-state index is 5.80. The van der Waals surface area contributed by atoms with Gasteiger partial charge in [-0.1, -0.05) is 24.8 Å². The van der Waals surface area contributed by atoms with Crippen LogP contribution in [0.4, 0.5) is 0 Å². The van der Waals surface area contributed by atoms with E-state index in [1.54, 1.807) is 6.08 Å². The Kier molecular flexibility index (Phi) is 3.92. The van der Waals surface area contributed by atoms with Gasteiger partial charge in [0, 0.05) is 6.04 Å². The minimum atomic E-state index is 0.0323. The number of aryl methyl sites for hydroxylation is 1. The van der Waals surface area contributed by atoms with Gasteiger partial charge >= 0.3 is 0 Å². The summed E-state index contributed by atoms with van der Waals surface area (Å²) in [6, 6.07) is 6.10. The summed E-state index contributed by atoms with van der Waals surface area (Å²) in [4.78, 5) is 0. The van der Waals surface area contributed by atoms with Crippen LogP contribution in [0, 0.1) is 6.92 Å². The summed E-state index contributed by atoms with van der Waals surface area (Å²) in [5.41, 5.74) is 8.04. The molecule has 0 radical (unpaired) electrons. The fraction of sp³-hybridized carbons (Fsp3) is 0.385. The number of hydrogen-bond donors (Lipinski definition) is 1. The highest BCUT2D eigenvalue weighted by Gasteiger charge is 2.05. The van der Waals surface area contributed by atoms with Crippen LogP contribution in [0.1, 0.15) is 31.0 Å². The molecule has 0 amide bonds. The van der Waals surface area contributed by atoms with Crippen molar-refractivity contribution in [2.75, 3.05) is 0 Å². The SMILES string of the molecule is C=CC(C)Oc1ccc([C@@H](C)N)cc1C. The second-order valence-electron chi connectivity index (χ2n) is 3.87. The first-order chi connectivity index (χ1) is 7.04. The van der Waals surface area contributed by atoms with E-state index in [0.717, 1.165) is 16.9 Å². The minimum Gasteiger partial charge on any atom is -0.486 e. The van der Waals surface area contributed by atoms with Crippen LogP contribution in [0.2, 0.25) is 0 Å². The third kappa shape index (κ3) is 3.10. The maximum Gasteiger partial charge on any atom is 0.123 e. The normalized spacial score (nSPS) is 14.4. The Morgan fingerprint density at radius 1 is 1.40 bits per heavy atom. The van der Waals surface area contributed by atoms with E-state index >= 15 is 0 Å². The topological polar surface area (TPSA) is 35.2 Å². The van der Waals surface area contributed by atoms with E-state index in [9.17, 15) is 0 Å². The standard InChI is InChI=1S/C13H19NO/c1-5-10(3)15-13-7-6-12(11(4)14)8-9(13)2/h5-8,10-11H,1,14H2,2-4H3/t10?,11-/m1/s1. The molecule has 1 aromatic carbocycles. The van der Waals surface area contributed by atoms with E-state index in [1.807, 2.05) is 32.9 Å². The van der Waals surface area contributed by atoms with E-state index in [0.29, 0.717) is 0 Å². The molecule has 2 atom stereocenters. The molecule has 1 unspecified atom stereocenters. The molecule has 2 nitrogen and oxygen atoms in total. The first-order valence-electron chi connectivity index (χ1n) is 5.20. The number of rotatable bonds is 4. The van der Waals surface area contributed by atoms with Crippen molar-refractivity contribution in [2.24, 2.45) is 5.73 Å². The molecule has 0 saturated carbocycles. The molecule has 0 heterocycles. The van der Waals surface area contributed by atoms with Crippen molar-refractivity contribution in [3.8, 4) is 5.75 Å². The summed E-state index contributed by atoms with van der Waals surface area (Å²) in [6.07, 6.45) is 1.81. The molecule has 82 valence electrons. The van der Waals surface area contributed by atoms with Crippen LogP contribution in [-0.4, -0.2) is 6.10 Å². The fourth-order valence-electron chi connectivity index (χ4n) is 1.34. The van der Waals surface area contributed by atoms with Gasteiger partial charge in [-0.3, -0.25) is 0 Å². The molecule has 0 fully saturated rings. The Morgan fingerprint density at radius 3 is 2.53 bits per heavy atom. The number of ether oxygens (including phenoxy) is 1. The van der Waals surface area contributed by atoms with Gasteiger partial charge in [-0.05, 0) is 38.0 Å². The van der Waals surface area contributed by atoms with Crippen LogP contribution in [0.3, 0.4) is 0 Å². The van der Waals surface area contributed by atoms with Crippen molar-refractivity contribution in [3.05, 3.63) is 42.0 Å². The number of hydrogen-bond acceptors (Lipinski definition) is 2.